The summed E-state index contributed by atoms with van der Waals surface area (Å²) in [6.45, 7) is 1.76. The number of para-hydroxylation sites is 1. The largest absolute Gasteiger partial charge is 0.491 e. The third-order valence-electron chi connectivity index (χ3n) is 8.78. The van der Waals surface area contributed by atoms with Crippen LogP contribution >= 0.6 is 0 Å². The lowest BCUT2D eigenvalue weighted by atomic mass is 9.90. The van der Waals surface area contributed by atoms with Gasteiger partial charge in [0.25, 0.3) is 5.91 Å². The third-order valence-corrected chi connectivity index (χ3v) is 8.78. The number of benzene rings is 2. The molecule has 2 amide bonds. The smallest absolute Gasteiger partial charge is 0.251 e. The summed E-state index contributed by atoms with van der Waals surface area (Å²) in [4.78, 5) is 30.3. The number of rotatable bonds is 9. The molecule has 9 nitrogen and oxygen atoms in total. The number of carbonyl (C=O) groups is 2. The number of nitrogens with two attached hydrogens (primary N) is 1. The molecule has 41 heavy (non-hydrogen) atoms. The Bertz CT molecular complexity index is 1690. The molecule has 4 N–H and O–H groups in total. The molecule has 2 aromatic carbocycles. The van der Waals surface area contributed by atoms with E-state index in [1.165, 1.54) is 12.8 Å². The number of imidazole rings is 1. The van der Waals surface area contributed by atoms with Crippen LogP contribution in [0.2, 0.25) is 0 Å². The van der Waals surface area contributed by atoms with Crippen molar-refractivity contribution >= 4 is 33.8 Å². The van der Waals surface area contributed by atoms with Gasteiger partial charge in [0, 0.05) is 43.7 Å². The number of hydrogen-bond acceptors (Lipinski definition) is 5. The van der Waals surface area contributed by atoms with Gasteiger partial charge < -0.3 is 30.2 Å². The van der Waals surface area contributed by atoms with Gasteiger partial charge in [0.2, 0.25) is 5.91 Å². The number of fused-ring (bicyclic) bond motifs is 3. The minimum atomic E-state index is -0.715. The molecule has 214 valence electrons. The average Bonchev–Trinajstić information content (AvgIpc) is 3.45. The number of hydrogen-bond donors (Lipinski definition) is 3. The SMILES string of the molecule is Cn1c(-c2cc3cccc(OCC4CCNC4=O)c3n2CC2CC2)nc2c(C[C@H](N)CF)c3c(cc21)CCNC3=O. The van der Waals surface area contributed by atoms with Crippen molar-refractivity contribution in [1.29, 1.82) is 0 Å². The van der Waals surface area contributed by atoms with E-state index in [1.807, 2.05) is 19.2 Å². The molecule has 2 atom stereocenters. The van der Waals surface area contributed by atoms with Crippen LogP contribution in [0.25, 0.3) is 33.5 Å². The zero-order valence-corrected chi connectivity index (χ0v) is 23.2. The fraction of sp³-hybridized carbons (Fsp3) is 0.452. The van der Waals surface area contributed by atoms with E-state index in [-0.39, 0.29) is 24.2 Å². The summed E-state index contributed by atoms with van der Waals surface area (Å²) in [6.07, 6.45) is 4.08. The van der Waals surface area contributed by atoms with E-state index in [9.17, 15) is 14.0 Å². The summed E-state index contributed by atoms with van der Waals surface area (Å²) in [7, 11) is 1.99. The molecule has 0 spiro atoms. The van der Waals surface area contributed by atoms with Crippen molar-refractivity contribution in [3.05, 3.63) is 47.0 Å². The standard InChI is InChI=1S/C31H35FN6O3/c1-37-23-11-18-7-9-35-31(40)26(18)22(13-21(33)14-32)27(23)36-29(37)24-12-19-3-2-4-25(28(19)38(24)15-17-5-6-17)41-16-20-8-10-34-30(20)39/h2-4,11-12,17,20-21H,5-10,13-16,33H2,1H3,(H,34,39)(H,35,40)/t20?,21-/m0/s1. The number of nitrogens with zero attached hydrogens (tertiary/aromatic N) is 3. The maximum atomic E-state index is 13.6. The van der Waals surface area contributed by atoms with Crippen molar-refractivity contribution in [3.8, 4) is 17.3 Å². The van der Waals surface area contributed by atoms with Crippen LogP contribution in [0.5, 0.6) is 5.75 Å². The molecule has 1 saturated heterocycles. The highest BCUT2D eigenvalue weighted by Crippen LogP contribution is 2.40. The van der Waals surface area contributed by atoms with Crippen LogP contribution in [0.3, 0.4) is 0 Å². The number of carbonyl (C=O) groups excluding carboxylic acids is 2. The van der Waals surface area contributed by atoms with E-state index in [0.717, 1.165) is 52.2 Å². The summed E-state index contributed by atoms with van der Waals surface area (Å²) in [5.41, 5.74) is 11.9. The topological polar surface area (TPSA) is 116 Å². The highest BCUT2D eigenvalue weighted by molar-refractivity contribution is 6.03. The zero-order chi connectivity index (χ0) is 28.2. The fourth-order valence-electron chi connectivity index (χ4n) is 6.41. The van der Waals surface area contributed by atoms with Crippen LogP contribution in [-0.2, 0) is 31.2 Å². The van der Waals surface area contributed by atoms with Gasteiger partial charge in [-0.15, -0.1) is 0 Å². The number of aryl methyl sites for hydroxylation is 1. The van der Waals surface area contributed by atoms with Gasteiger partial charge in [0.15, 0.2) is 5.82 Å². The average molecular weight is 559 g/mol. The second kappa shape index (κ2) is 10.2. The highest BCUT2D eigenvalue weighted by Gasteiger charge is 2.30. The summed E-state index contributed by atoms with van der Waals surface area (Å²) in [5, 5.41) is 6.86. The first-order chi connectivity index (χ1) is 19.9. The van der Waals surface area contributed by atoms with E-state index in [4.69, 9.17) is 15.5 Å². The molecule has 4 heterocycles. The second-order valence-electron chi connectivity index (χ2n) is 11.7. The van der Waals surface area contributed by atoms with Gasteiger partial charge in [-0.05, 0) is 67.3 Å². The quantitative estimate of drug-likeness (QED) is 0.292. The summed E-state index contributed by atoms with van der Waals surface area (Å²) < 4.78 is 24.3. The second-order valence-corrected chi connectivity index (χ2v) is 11.7. The Hall–Kier alpha value is -3.92. The molecule has 2 aliphatic heterocycles. The maximum absolute atomic E-state index is 13.6. The Kier molecular flexibility index (Phi) is 6.45. The van der Waals surface area contributed by atoms with Gasteiger partial charge in [0.1, 0.15) is 12.4 Å². The molecule has 1 unspecified atom stereocenters. The minimum absolute atomic E-state index is 0.0468. The molecule has 10 heteroatoms. The van der Waals surface area contributed by atoms with Gasteiger partial charge in [-0.1, -0.05) is 12.1 Å². The van der Waals surface area contributed by atoms with Crippen LogP contribution in [0.15, 0.2) is 30.3 Å². The van der Waals surface area contributed by atoms with Crippen molar-refractivity contribution in [2.75, 3.05) is 26.4 Å². The minimum Gasteiger partial charge on any atom is -0.491 e. The molecule has 2 fully saturated rings. The van der Waals surface area contributed by atoms with Crippen LogP contribution in [0.4, 0.5) is 4.39 Å². The molecule has 1 saturated carbocycles. The first kappa shape index (κ1) is 26.0. The van der Waals surface area contributed by atoms with Crippen LogP contribution in [0.1, 0.15) is 40.7 Å². The highest BCUT2D eigenvalue weighted by atomic mass is 19.1. The molecule has 3 aliphatic rings. The Morgan fingerprint density at radius 3 is 2.78 bits per heavy atom. The Labute approximate surface area is 237 Å². The summed E-state index contributed by atoms with van der Waals surface area (Å²) in [6, 6.07) is 9.52. The molecule has 0 radical (unpaired) electrons. The van der Waals surface area contributed by atoms with Crippen molar-refractivity contribution in [1.82, 2.24) is 24.8 Å². The van der Waals surface area contributed by atoms with Gasteiger partial charge in [-0.25, -0.2) is 9.37 Å². The van der Waals surface area contributed by atoms with Gasteiger partial charge in [0.05, 0.1) is 34.8 Å². The summed E-state index contributed by atoms with van der Waals surface area (Å²) in [5.74, 6) is 1.87. The van der Waals surface area contributed by atoms with Crippen molar-refractivity contribution in [2.24, 2.45) is 24.6 Å². The molecular formula is C31H35FN6O3. The maximum Gasteiger partial charge on any atom is 0.251 e. The van der Waals surface area contributed by atoms with E-state index < -0.39 is 12.7 Å². The van der Waals surface area contributed by atoms with Gasteiger partial charge in [-0.3, -0.25) is 9.59 Å². The lowest BCUT2D eigenvalue weighted by molar-refractivity contribution is -0.123. The predicted octanol–water partition coefficient (Wildman–Crippen LogP) is 3.25. The lowest BCUT2D eigenvalue weighted by Gasteiger charge is -2.21. The molecule has 2 aromatic heterocycles. The Morgan fingerprint density at radius 2 is 2.02 bits per heavy atom. The molecule has 0 bridgehead atoms. The lowest BCUT2D eigenvalue weighted by Crippen LogP contribution is -2.34. The number of amides is 2. The van der Waals surface area contributed by atoms with E-state index in [0.29, 0.717) is 48.7 Å². The molecular weight excluding hydrogens is 523 g/mol. The third kappa shape index (κ3) is 4.54. The first-order valence-electron chi connectivity index (χ1n) is 14.6. The Balaban J connectivity index is 1.38. The molecule has 4 aromatic rings. The number of halogens is 1. The normalized spacial score (nSPS) is 19.4. The van der Waals surface area contributed by atoms with Crippen LogP contribution in [-0.4, -0.2) is 58.3 Å². The van der Waals surface area contributed by atoms with E-state index in [2.05, 4.69) is 38.0 Å². The fourth-order valence-corrected chi connectivity index (χ4v) is 6.41. The van der Waals surface area contributed by atoms with Crippen molar-refractivity contribution in [3.63, 3.8) is 0 Å². The number of nitrogens with one attached hydrogen (secondary N) is 2. The molecule has 7 rings (SSSR count). The summed E-state index contributed by atoms with van der Waals surface area (Å²) >= 11 is 0. The monoisotopic (exact) mass is 558 g/mol. The number of aromatic nitrogens is 3. The van der Waals surface area contributed by atoms with Crippen LogP contribution in [0, 0.1) is 11.8 Å². The van der Waals surface area contributed by atoms with Gasteiger partial charge in [-0.2, -0.15) is 0 Å². The van der Waals surface area contributed by atoms with Crippen molar-refractivity contribution < 1.29 is 18.7 Å². The van der Waals surface area contributed by atoms with Crippen molar-refractivity contribution in [2.45, 2.75) is 44.7 Å². The first-order valence-corrected chi connectivity index (χ1v) is 14.6. The zero-order valence-electron chi connectivity index (χ0n) is 23.2. The van der Waals surface area contributed by atoms with E-state index >= 15 is 0 Å². The number of ether oxygens (including phenoxy) is 1. The van der Waals surface area contributed by atoms with Crippen LogP contribution < -0.4 is 21.1 Å². The predicted molar refractivity (Wildman–Crippen MR) is 155 cm³/mol. The number of alkyl halides is 1. The Morgan fingerprint density at radius 1 is 1.17 bits per heavy atom. The van der Waals surface area contributed by atoms with E-state index in [1.54, 1.807) is 0 Å². The molecule has 1 aliphatic carbocycles. The van der Waals surface area contributed by atoms with Gasteiger partial charge >= 0.3 is 0 Å².